The number of phenolic OH excluding ortho intramolecular Hbond substituents is 2. The van der Waals surface area contributed by atoms with Gasteiger partial charge in [-0.05, 0) is 54.7 Å². The number of amides is 1. The van der Waals surface area contributed by atoms with E-state index in [0.717, 1.165) is 12.8 Å². The Morgan fingerprint density at radius 1 is 1.18 bits per heavy atom. The number of nitrogens with zero attached hydrogens (tertiary/aromatic N) is 2. The van der Waals surface area contributed by atoms with Crippen LogP contribution in [0.1, 0.15) is 38.7 Å². The van der Waals surface area contributed by atoms with Gasteiger partial charge in [0.05, 0.1) is 19.9 Å². The average molecular weight is 458 g/mol. The maximum atomic E-state index is 12.6. The molecule has 9 nitrogen and oxygen atoms in total. The summed E-state index contributed by atoms with van der Waals surface area (Å²) in [5, 5.41) is 27.9. The van der Waals surface area contributed by atoms with Gasteiger partial charge >= 0.3 is 6.09 Å². The standard InChI is InChI=1S/C24H31N3O6/c1-16(2)15-32-22-13-18(8-10-21(22)31-3)26-24(30)33-23-6-4-5-11-27(23)25-14-17-7-9-19(28)20(29)12-17/h7-10,12-14,16,23,28-29H,4-6,11,15H2,1-3H3,(H,26,30). The highest BCUT2D eigenvalue weighted by molar-refractivity contribution is 5.85. The first kappa shape index (κ1) is 24.0. The van der Waals surface area contributed by atoms with Crippen LogP contribution in [0.15, 0.2) is 41.5 Å². The Hall–Kier alpha value is -3.62. The summed E-state index contributed by atoms with van der Waals surface area (Å²) in [5.74, 6) is 1.06. The summed E-state index contributed by atoms with van der Waals surface area (Å²) in [5.41, 5.74) is 1.15. The van der Waals surface area contributed by atoms with Gasteiger partial charge in [-0.3, -0.25) is 10.3 Å². The monoisotopic (exact) mass is 457 g/mol. The zero-order valence-corrected chi connectivity index (χ0v) is 19.2. The van der Waals surface area contributed by atoms with Crippen LogP contribution in [0, 0.1) is 5.92 Å². The molecule has 9 heteroatoms. The van der Waals surface area contributed by atoms with Gasteiger partial charge in [0.1, 0.15) is 0 Å². The molecule has 2 aromatic rings. The zero-order valence-electron chi connectivity index (χ0n) is 19.2. The summed E-state index contributed by atoms with van der Waals surface area (Å²) in [6.45, 7) is 5.26. The Kier molecular flexibility index (Phi) is 8.23. The summed E-state index contributed by atoms with van der Waals surface area (Å²) in [7, 11) is 1.57. The summed E-state index contributed by atoms with van der Waals surface area (Å²) in [6.07, 6.45) is 2.94. The Morgan fingerprint density at radius 3 is 2.73 bits per heavy atom. The highest BCUT2D eigenvalue weighted by Crippen LogP contribution is 2.31. The molecule has 0 aliphatic carbocycles. The maximum Gasteiger partial charge on any atom is 0.413 e. The largest absolute Gasteiger partial charge is 0.504 e. The highest BCUT2D eigenvalue weighted by Gasteiger charge is 2.25. The molecule has 33 heavy (non-hydrogen) atoms. The van der Waals surface area contributed by atoms with Crippen LogP contribution in [-0.4, -0.2) is 54.0 Å². The normalized spacial score (nSPS) is 16.1. The first-order chi connectivity index (χ1) is 15.9. The van der Waals surface area contributed by atoms with Gasteiger partial charge in [-0.1, -0.05) is 13.8 Å². The van der Waals surface area contributed by atoms with Crippen molar-refractivity contribution in [2.24, 2.45) is 11.0 Å². The first-order valence-electron chi connectivity index (χ1n) is 11.0. The molecule has 1 atom stereocenters. The summed E-state index contributed by atoms with van der Waals surface area (Å²) < 4.78 is 16.8. The Balaban J connectivity index is 1.63. The van der Waals surface area contributed by atoms with Crippen molar-refractivity contribution in [3.05, 3.63) is 42.0 Å². The van der Waals surface area contributed by atoms with E-state index in [4.69, 9.17) is 14.2 Å². The summed E-state index contributed by atoms with van der Waals surface area (Å²) >= 11 is 0. The Bertz CT molecular complexity index is 979. The van der Waals surface area contributed by atoms with Crippen LogP contribution in [-0.2, 0) is 4.74 Å². The van der Waals surface area contributed by atoms with Crippen molar-refractivity contribution in [3.63, 3.8) is 0 Å². The van der Waals surface area contributed by atoms with Crippen LogP contribution in [0.3, 0.4) is 0 Å². The number of benzene rings is 2. The van der Waals surface area contributed by atoms with Gasteiger partial charge in [0.25, 0.3) is 0 Å². The molecule has 0 bridgehead atoms. The first-order valence-corrected chi connectivity index (χ1v) is 11.0. The molecule has 1 aliphatic heterocycles. The minimum Gasteiger partial charge on any atom is -0.504 e. The summed E-state index contributed by atoms with van der Waals surface area (Å²) in [6, 6.07) is 9.59. The van der Waals surface area contributed by atoms with E-state index >= 15 is 0 Å². The van der Waals surface area contributed by atoms with Crippen molar-refractivity contribution in [1.29, 1.82) is 0 Å². The molecule has 3 rings (SSSR count). The number of ether oxygens (including phenoxy) is 3. The summed E-state index contributed by atoms with van der Waals surface area (Å²) in [4.78, 5) is 12.6. The number of anilines is 1. The van der Waals surface area contributed by atoms with Crippen LogP contribution in [0.25, 0.3) is 0 Å². The van der Waals surface area contributed by atoms with E-state index in [0.29, 0.717) is 48.2 Å². The number of methoxy groups -OCH3 is 1. The van der Waals surface area contributed by atoms with E-state index in [2.05, 4.69) is 24.3 Å². The molecule has 2 aromatic carbocycles. The van der Waals surface area contributed by atoms with E-state index < -0.39 is 12.3 Å². The average Bonchev–Trinajstić information content (AvgIpc) is 2.79. The molecule has 1 saturated heterocycles. The predicted molar refractivity (Wildman–Crippen MR) is 125 cm³/mol. The van der Waals surface area contributed by atoms with Gasteiger partial charge in [-0.25, -0.2) is 4.79 Å². The van der Waals surface area contributed by atoms with Crippen LogP contribution in [0.2, 0.25) is 0 Å². The van der Waals surface area contributed by atoms with E-state index in [9.17, 15) is 15.0 Å². The topological polar surface area (TPSA) is 113 Å². The molecule has 0 radical (unpaired) electrons. The van der Waals surface area contributed by atoms with Crippen molar-refractivity contribution in [1.82, 2.24) is 5.01 Å². The third-order valence-electron chi connectivity index (χ3n) is 5.00. The molecule has 1 aliphatic rings. The lowest BCUT2D eigenvalue weighted by Gasteiger charge is -2.32. The van der Waals surface area contributed by atoms with Crippen molar-refractivity contribution in [2.75, 3.05) is 25.6 Å². The fraction of sp³-hybridized carbons (Fsp3) is 0.417. The zero-order chi connectivity index (χ0) is 23.8. The second kappa shape index (κ2) is 11.3. The van der Waals surface area contributed by atoms with Crippen molar-refractivity contribution >= 4 is 18.0 Å². The minimum absolute atomic E-state index is 0.195. The molecule has 1 unspecified atom stereocenters. The number of carbonyl (C=O) groups excluding carboxylic acids is 1. The SMILES string of the molecule is COc1ccc(NC(=O)OC2CCCCN2N=Cc2ccc(O)c(O)c2)cc1OCC(C)C. The molecule has 0 spiro atoms. The van der Waals surface area contributed by atoms with Crippen molar-refractivity contribution in [2.45, 2.75) is 39.3 Å². The van der Waals surface area contributed by atoms with Gasteiger partial charge < -0.3 is 24.4 Å². The molecule has 1 fully saturated rings. The number of rotatable bonds is 8. The van der Waals surface area contributed by atoms with Gasteiger partial charge in [0.15, 0.2) is 29.2 Å². The lowest BCUT2D eigenvalue weighted by atomic mass is 10.1. The third kappa shape index (κ3) is 6.93. The van der Waals surface area contributed by atoms with Crippen LogP contribution in [0.5, 0.6) is 23.0 Å². The van der Waals surface area contributed by atoms with Crippen molar-refractivity contribution < 1.29 is 29.2 Å². The van der Waals surface area contributed by atoms with Crippen LogP contribution >= 0.6 is 0 Å². The molecule has 3 N–H and O–H groups in total. The fourth-order valence-electron chi connectivity index (χ4n) is 3.29. The number of hydrazone groups is 1. The van der Waals surface area contributed by atoms with E-state index in [-0.39, 0.29) is 11.5 Å². The minimum atomic E-state index is -0.593. The molecule has 1 heterocycles. The number of carbonyl (C=O) groups is 1. The number of nitrogens with one attached hydrogen (secondary N) is 1. The molecule has 178 valence electrons. The van der Waals surface area contributed by atoms with Gasteiger partial charge in [-0.2, -0.15) is 5.10 Å². The number of phenols is 2. The molecular weight excluding hydrogens is 426 g/mol. The van der Waals surface area contributed by atoms with E-state index in [1.54, 1.807) is 42.6 Å². The van der Waals surface area contributed by atoms with Gasteiger partial charge in [0.2, 0.25) is 0 Å². The number of hydrogen-bond acceptors (Lipinski definition) is 8. The lowest BCUT2D eigenvalue weighted by molar-refractivity contribution is -0.0297. The molecular formula is C24H31N3O6. The van der Waals surface area contributed by atoms with Crippen LogP contribution < -0.4 is 14.8 Å². The highest BCUT2D eigenvalue weighted by atomic mass is 16.6. The smallest absolute Gasteiger partial charge is 0.413 e. The maximum absolute atomic E-state index is 12.6. The Morgan fingerprint density at radius 2 is 2.00 bits per heavy atom. The fourth-order valence-corrected chi connectivity index (χ4v) is 3.29. The molecule has 1 amide bonds. The molecule has 0 aromatic heterocycles. The second-order valence-electron chi connectivity index (χ2n) is 8.21. The number of hydrogen-bond donors (Lipinski definition) is 3. The third-order valence-corrected chi connectivity index (χ3v) is 5.00. The molecule has 0 saturated carbocycles. The lowest BCUT2D eigenvalue weighted by Crippen LogP contribution is -2.40. The predicted octanol–water partition coefficient (Wildman–Crippen LogP) is 4.54. The van der Waals surface area contributed by atoms with Gasteiger partial charge in [0, 0.05) is 24.7 Å². The number of piperidine rings is 1. The van der Waals surface area contributed by atoms with Crippen LogP contribution in [0.4, 0.5) is 10.5 Å². The van der Waals surface area contributed by atoms with E-state index in [1.165, 1.54) is 12.1 Å². The van der Waals surface area contributed by atoms with Gasteiger partial charge in [-0.15, -0.1) is 0 Å². The second-order valence-corrected chi connectivity index (χ2v) is 8.21. The Labute approximate surface area is 193 Å². The number of aromatic hydroxyl groups is 2. The van der Waals surface area contributed by atoms with Crippen molar-refractivity contribution in [3.8, 4) is 23.0 Å². The van der Waals surface area contributed by atoms with E-state index in [1.807, 2.05) is 0 Å². The quantitative estimate of drug-likeness (QED) is 0.394.